The molecule has 0 spiro atoms. The Balaban J connectivity index is 1.31. The van der Waals surface area contributed by atoms with Crippen molar-refractivity contribution >= 4 is 16.9 Å². The molecule has 1 amide bonds. The quantitative estimate of drug-likeness (QED) is 0.398. The number of H-pyrrole nitrogens is 1. The van der Waals surface area contributed by atoms with E-state index in [-0.39, 0.29) is 18.1 Å². The number of halogens is 1. The fourth-order valence-electron chi connectivity index (χ4n) is 4.60. The number of hydrogen-bond donors (Lipinski definition) is 2. The van der Waals surface area contributed by atoms with Crippen LogP contribution < -0.4 is 10.5 Å². The van der Waals surface area contributed by atoms with Gasteiger partial charge in [-0.2, -0.15) is 0 Å². The third-order valence-corrected chi connectivity index (χ3v) is 6.72. The van der Waals surface area contributed by atoms with Gasteiger partial charge in [0.2, 0.25) is 5.91 Å². The Morgan fingerprint density at radius 2 is 2.03 bits per heavy atom. The number of rotatable bonds is 10. The maximum Gasteiger partial charge on any atom is 0.239 e. The molecule has 1 aromatic carbocycles. The monoisotopic (exact) mass is 503 g/mol. The van der Waals surface area contributed by atoms with E-state index < -0.39 is 11.9 Å². The number of allylic oxidation sites excluding steroid dienone is 3. The minimum atomic E-state index is -0.733. The van der Waals surface area contributed by atoms with Crippen LogP contribution in [0.1, 0.15) is 17.5 Å². The molecule has 3 aromatic rings. The van der Waals surface area contributed by atoms with Crippen molar-refractivity contribution in [3.05, 3.63) is 90.6 Å². The molecule has 1 atom stereocenters. The van der Waals surface area contributed by atoms with Gasteiger partial charge in [-0.15, -0.1) is 0 Å². The third kappa shape index (κ3) is 6.34. The largest absolute Gasteiger partial charge is 0.453 e. The predicted molar refractivity (Wildman–Crippen MR) is 145 cm³/mol. The summed E-state index contributed by atoms with van der Waals surface area (Å²) in [7, 11) is 0. The highest BCUT2D eigenvalue weighted by Crippen LogP contribution is 2.32. The zero-order valence-corrected chi connectivity index (χ0v) is 21.3. The van der Waals surface area contributed by atoms with Crippen LogP contribution in [0.5, 0.6) is 11.5 Å². The summed E-state index contributed by atoms with van der Waals surface area (Å²) < 4.78 is 20.8. The molecule has 37 heavy (non-hydrogen) atoms. The second-order valence-electron chi connectivity index (χ2n) is 9.28. The predicted octanol–water partition coefficient (Wildman–Crippen LogP) is 4.51. The van der Waals surface area contributed by atoms with Crippen LogP contribution in [0.25, 0.3) is 11.0 Å². The number of carbonyl (C=O) groups is 1. The lowest BCUT2D eigenvalue weighted by Gasteiger charge is -2.36. The highest BCUT2D eigenvalue weighted by Gasteiger charge is 2.25. The Labute approximate surface area is 217 Å². The summed E-state index contributed by atoms with van der Waals surface area (Å²) in [6.45, 7) is 13.2. The maximum atomic E-state index is 14.9. The van der Waals surface area contributed by atoms with Gasteiger partial charge in [-0.05, 0) is 54.7 Å². The van der Waals surface area contributed by atoms with E-state index in [1.54, 1.807) is 35.4 Å². The van der Waals surface area contributed by atoms with Gasteiger partial charge in [0.05, 0.1) is 11.4 Å². The van der Waals surface area contributed by atoms with E-state index in [1.807, 2.05) is 25.3 Å². The number of ether oxygens (including phenoxy) is 1. The number of carbonyl (C=O) groups excluding carboxylic acids is 1. The number of fused-ring (bicyclic) bond motifs is 1. The standard InChI is InChI=1S/C29H34FN5O2/c1-4-6-21(5-2)10-12-34-13-15-35(16-14-34)29(36)24(31)18-22-7-8-25(23(30)17-22)37-26-9-11-32-28-27(26)20(3)19-33-28/h4-9,11,17,19,24H,1-2,10,12-16,18,31H2,3H3,(H,32,33)/b21-6+. The summed E-state index contributed by atoms with van der Waals surface area (Å²) in [5.41, 5.74) is 9.69. The first-order chi connectivity index (χ1) is 17.9. The number of piperazine rings is 1. The molecule has 1 aliphatic heterocycles. The zero-order chi connectivity index (χ0) is 26.4. The summed E-state index contributed by atoms with van der Waals surface area (Å²) in [6.07, 6.45) is 10.2. The van der Waals surface area contributed by atoms with Gasteiger partial charge in [-0.1, -0.05) is 37.5 Å². The zero-order valence-electron chi connectivity index (χ0n) is 21.3. The van der Waals surface area contributed by atoms with Crippen LogP contribution in [0, 0.1) is 12.7 Å². The van der Waals surface area contributed by atoms with E-state index >= 15 is 0 Å². The van der Waals surface area contributed by atoms with Gasteiger partial charge < -0.3 is 20.4 Å². The van der Waals surface area contributed by atoms with Crippen molar-refractivity contribution in [1.29, 1.82) is 0 Å². The van der Waals surface area contributed by atoms with Gasteiger partial charge in [0.1, 0.15) is 11.4 Å². The number of aromatic nitrogens is 2. The fraction of sp³-hybridized carbons (Fsp3) is 0.310. The molecule has 1 fully saturated rings. The lowest BCUT2D eigenvalue weighted by molar-refractivity contribution is -0.134. The molecular weight excluding hydrogens is 469 g/mol. The molecule has 1 unspecified atom stereocenters. The van der Waals surface area contributed by atoms with Crippen LogP contribution >= 0.6 is 0 Å². The van der Waals surface area contributed by atoms with E-state index in [2.05, 4.69) is 28.0 Å². The fourth-order valence-corrected chi connectivity index (χ4v) is 4.60. The number of amides is 1. The first kappa shape index (κ1) is 26.3. The molecule has 0 saturated carbocycles. The Morgan fingerprint density at radius 3 is 2.73 bits per heavy atom. The van der Waals surface area contributed by atoms with Crippen LogP contribution in [0.15, 0.2) is 73.6 Å². The van der Waals surface area contributed by atoms with Crippen molar-refractivity contribution in [2.75, 3.05) is 32.7 Å². The average Bonchev–Trinajstić information content (AvgIpc) is 3.29. The second kappa shape index (κ2) is 12.0. The molecule has 2 aromatic heterocycles. The minimum absolute atomic E-state index is 0.107. The highest BCUT2D eigenvalue weighted by molar-refractivity contribution is 5.86. The van der Waals surface area contributed by atoms with Gasteiger partial charge in [0.15, 0.2) is 11.6 Å². The molecule has 0 radical (unpaired) electrons. The summed E-state index contributed by atoms with van der Waals surface area (Å²) >= 11 is 0. The molecule has 8 heteroatoms. The lowest BCUT2D eigenvalue weighted by atomic mass is 10.0. The number of nitrogens with zero attached hydrogens (tertiary/aromatic N) is 3. The van der Waals surface area contributed by atoms with Crippen LogP contribution in [0.2, 0.25) is 0 Å². The van der Waals surface area contributed by atoms with E-state index in [0.29, 0.717) is 30.0 Å². The molecule has 4 rings (SSSR count). The summed E-state index contributed by atoms with van der Waals surface area (Å²) in [4.78, 5) is 24.4. The van der Waals surface area contributed by atoms with Gasteiger partial charge in [-0.3, -0.25) is 9.69 Å². The summed E-state index contributed by atoms with van der Waals surface area (Å²) in [5, 5.41) is 0.813. The molecule has 194 valence electrons. The number of nitrogens with one attached hydrogen (secondary N) is 1. The van der Waals surface area contributed by atoms with Crippen molar-refractivity contribution in [3.63, 3.8) is 0 Å². The first-order valence-corrected chi connectivity index (χ1v) is 12.5. The minimum Gasteiger partial charge on any atom is -0.453 e. The average molecular weight is 504 g/mol. The smallest absolute Gasteiger partial charge is 0.239 e. The molecule has 1 aliphatic rings. The molecular formula is C29H34FN5O2. The molecule has 0 bridgehead atoms. The van der Waals surface area contributed by atoms with Crippen molar-refractivity contribution < 1.29 is 13.9 Å². The molecule has 7 nitrogen and oxygen atoms in total. The Hall–Kier alpha value is -3.75. The van der Waals surface area contributed by atoms with E-state index in [9.17, 15) is 9.18 Å². The number of aromatic amines is 1. The topological polar surface area (TPSA) is 87.5 Å². The van der Waals surface area contributed by atoms with Gasteiger partial charge >= 0.3 is 0 Å². The van der Waals surface area contributed by atoms with Gasteiger partial charge in [0.25, 0.3) is 0 Å². The number of pyridine rings is 1. The number of aryl methyl sites for hydroxylation is 1. The van der Waals surface area contributed by atoms with E-state index in [1.165, 1.54) is 6.07 Å². The SMILES string of the molecule is C=C/C=C(\C=C)CCN1CCN(C(=O)C(N)Cc2ccc(Oc3ccnc4[nH]cc(C)c34)c(F)c2)CC1. The third-order valence-electron chi connectivity index (χ3n) is 6.72. The highest BCUT2D eigenvalue weighted by atomic mass is 19.1. The molecule has 3 heterocycles. The van der Waals surface area contributed by atoms with Crippen molar-refractivity contribution in [2.45, 2.75) is 25.8 Å². The lowest BCUT2D eigenvalue weighted by Crippen LogP contribution is -2.53. The van der Waals surface area contributed by atoms with Crippen LogP contribution in [-0.2, 0) is 11.2 Å². The Kier molecular flexibility index (Phi) is 8.53. The van der Waals surface area contributed by atoms with Crippen molar-refractivity contribution in [3.8, 4) is 11.5 Å². The van der Waals surface area contributed by atoms with E-state index in [0.717, 1.165) is 42.6 Å². The summed E-state index contributed by atoms with van der Waals surface area (Å²) in [5.74, 6) is 0.0171. The number of nitrogens with two attached hydrogens (primary N) is 1. The van der Waals surface area contributed by atoms with Gasteiger partial charge in [-0.25, -0.2) is 9.37 Å². The van der Waals surface area contributed by atoms with Crippen LogP contribution in [-0.4, -0.2) is 64.4 Å². The molecule has 1 saturated heterocycles. The van der Waals surface area contributed by atoms with Crippen molar-refractivity contribution in [2.24, 2.45) is 5.73 Å². The normalized spacial score (nSPS) is 15.5. The van der Waals surface area contributed by atoms with Crippen LogP contribution in [0.4, 0.5) is 4.39 Å². The number of hydrogen-bond acceptors (Lipinski definition) is 5. The summed E-state index contributed by atoms with van der Waals surface area (Å²) in [6, 6.07) is 5.69. The maximum absolute atomic E-state index is 14.9. The van der Waals surface area contributed by atoms with Crippen molar-refractivity contribution in [1.82, 2.24) is 19.8 Å². The Morgan fingerprint density at radius 1 is 1.24 bits per heavy atom. The van der Waals surface area contributed by atoms with Gasteiger partial charge in [0, 0.05) is 45.1 Å². The van der Waals surface area contributed by atoms with E-state index in [4.69, 9.17) is 10.5 Å². The van der Waals surface area contributed by atoms with Crippen LogP contribution in [0.3, 0.4) is 0 Å². The molecule has 3 N–H and O–H groups in total. The Bertz CT molecular complexity index is 1310. The first-order valence-electron chi connectivity index (χ1n) is 12.5. The molecule has 0 aliphatic carbocycles. The second-order valence-corrected chi connectivity index (χ2v) is 9.28. The number of benzene rings is 1.